The van der Waals surface area contributed by atoms with Crippen molar-refractivity contribution < 1.29 is 44.3 Å². The SMILES string of the molecule is FC(F)Oc1ccc(N=c2scc(-c3ccc(C(F)(F)C(F)(F)C(F)(F)F)cc3)n2Cc2ccccc2)cc1. The third-order valence-electron chi connectivity index (χ3n) is 5.56. The maximum Gasteiger partial charge on any atom is 0.460 e. The van der Waals surface area contributed by atoms with Crippen molar-refractivity contribution in [3.05, 3.63) is 100 Å². The number of rotatable bonds is 8. The van der Waals surface area contributed by atoms with E-state index in [1.807, 2.05) is 12.1 Å². The number of nitrogens with zero attached hydrogens (tertiary/aromatic N) is 2. The van der Waals surface area contributed by atoms with E-state index < -0.39 is 30.2 Å². The molecule has 3 aromatic carbocycles. The number of alkyl halides is 9. The minimum Gasteiger partial charge on any atom is -0.435 e. The molecule has 0 aliphatic heterocycles. The zero-order valence-corrected chi connectivity index (χ0v) is 20.3. The van der Waals surface area contributed by atoms with Gasteiger partial charge in [-0.1, -0.05) is 54.6 Å². The van der Waals surface area contributed by atoms with Crippen molar-refractivity contribution in [3.63, 3.8) is 0 Å². The van der Waals surface area contributed by atoms with E-state index in [0.29, 0.717) is 28.3 Å². The first-order valence-corrected chi connectivity index (χ1v) is 11.9. The molecular formula is C26H17F9N2OS. The first kappa shape index (κ1) is 28.3. The predicted molar refractivity (Wildman–Crippen MR) is 126 cm³/mol. The van der Waals surface area contributed by atoms with Crippen LogP contribution in [-0.2, 0) is 12.5 Å². The van der Waals surface area contributed by atoms with E-state index in [-0.39, 0.29) is 17.9 Å². The Hall–Kier alpha value is -3.74. The Labute approximate surface area is 219 Å². The fourth-order valence-corrected chi connectivity index (χ4v) is 4.52. The summed E-state index contributed by atoms with van der Waals surface area (Å²) >= 11 is 1.15. The molecule has 39 heavy (non-hydrogen) atoms. The van der Waals surface area contributed by atoms with E-state index in [9.17, 15) is 39.5 Å². The molecule has 0 aliphatic carbocycles. The van der Waals surface area contributed by atoms with Gasteiger partial charge in [0.05, 0.1) is 17.9 Å². The highest BCUT2D eigenvalue weighted by Gasteiger charge is 2.73. The quantitative estimate of drug-likeness (QED) is 0.194. The highest BCUT2D eigenvalue weighted by molar-refractivity contribution is 7.07. The van der Waals surface area contributed by atoms with Crippen LogP contribution in [0.15, 0.2) is 89.2 Å². The van der Waals surface area contributed by atoms with Gasteiger partial charge >= 0.3 is 24.6 Å². The van der Waals surface area contributed by atoms with Crippen LogP contribution >= 0.6 is 11.3 Å². The summed E-state index contributed by atoms with van der Waals surface area (Å²) in [5.74, 6) is -11.8. The normalized spacial score (nSPS) is 13.2. The summed E-state index contributed by atoms with van der Waals surface area (Å²) < 4.78 is 124. The standard InChI is InChI=1S/C26H17F9N2OS/c27-22(28)38-20-12-10-19(11-13-20)36-23-37(14-16-4-2-1-3-5-16)21(15-39-23)17-6-8-18(9-7-17)24(29,30)25(31,32)26(33,34)35/h1-13,15,22H,14H2. The molecule has 0 saturated heterocycles. The van der Waals surface area contributed by atoms with Crippen LogP contribution in [0.25, 0.3) is 11.3 Å². The predicted octanol–water partition coefficient (Wildman–Crippen LogP) is 8.39. The van der Waals surface area contributed by atoms with Gasteiger partial charge in [0.1, 0.15) is 5.75 Å². The van der Waals surface area contributed by atoms with Crippen LogP contribution in [0.5, 0.6) is 5.75 Å². The molecule has 0 unspecified atom stereocenters. The molecule has 3 nitrogen and oxygen atoms in total. The molecule has 0 radical (unpaired) electrons. The molecule has 0 amide bonds. The minimum atomic E-state index is -6.44. The van der Waals surface area contributed by atoms with Crippen molar-refractivity contribution in [2.45, 2.75) is 31.2 Å². The maximum absolute atomic E-state index is 14.1. The van der Waals surface area contributed by atoms with Crippen LogP contribution in [0.2, 0.25) is 0 Å². The number of hydrogen-bond acceptors (Lipinski definition) is 3. The van der Waals surface area contributed by atoms with Crippen molar-refractivity contribution in [1.82, 2.24) is 4.57 Å². The van der Waals surface area contributed by atoms with Crippen LogP contribution in [0.4, 0.5) is 45.2 Å². The molecule has 1 heterocycles. The van der Waals surface area contributed by atoms with E-state index in [1.54, 1.807) is 28.1 Å². The molecule has 13 heteroatoms. The Kier molecular flexibility index (Phi) is 7.82. The highest BCUT2D eigenvalue weighted by Crippen LogP contribution is 2.51. The lowest BCUT2D eigenvalue weighted by molar-refractivity contribution is -0.359. The molecule has 4 rings (SSSR count). The van der Waals surface area contributed by atoms with Gasteiger partial charge in [-0.3, -0.25) is 0 Å². The summed E-state index contributed by atoms with van der Waals surface area (Å²) in [6, 6.07) is 17.6. The van der Waals surface area contributed by atoms with Gasteiger partial charge in [0.15, 0.2) is 4.80 Å². The molecule has 0 atom stereocenters. The summed E-state index contributed by atoms with van der Waals surface area (Å²) in [5.41, 5.74) is 0.412. The van der Waals surface area contributed by atoms with Crippen LogP contribution in [0, 0.1) is 0 Å². The fourth-order valence-electron chi connectivity index (χ4n) is 3.59. The zero-order valence-electron chi connectivity index (χ0n) is 19.5. The van der Waals surface area contributed by atoms with Gasteiger partial charge in [-0.25, -0.2) is 4.99 Å². The Bertz CT molecular complexity index is 1460. The number of thiazole rings is 1. The monoisotopic (exact) mass is 576 g/mol. The van der Waals surface area contributed by atoms with Gasteiger partial charge in [0.25, 0.3) is 0 Å². The van der Waals surface area contributed by atoms with E-state index in [0.717, 1.165) is 29.0 Å². The summed E-state index contributed by atoms with van der Waals surface area (Å²) in [4.78, 5) is 4.93. The number of benzene rings is 3. The largest absolute Gasteiger partial charge is 0.460 e. The summed E-state index contributed by atoms with van der Waals surface area (Å²) in [7, 11) is 0. The fraction of sp³-hybridized carbons (Fsp3) is 0.192. The average molecular weight is 576 g/mol. The molecule has 0 aliphatic rings. The van der Waals surface area contributed by atoms with Gasteiger partial charge in [-0.05, 0) is 35.4 Å². The Morgan fingerprint density at radius 1 is 0.795 bits per heavy atom. The lowest BCUT2D eigenvalue weighted by atomic mass is 9.99. The summed E-state index contributed by atoms with van der Waals surface area (Å²) in [6.07, 6.45) is -6.44. The van der Waals surface area contributed by atoms with Gasteiger partial charge < -0.3 is 9.30 Å². The number of halogens is 9. The molecule has 0 fully saturated rings. The average Bonchev–Trinajstić information content (AvgIpc) is 3.26. The minimum absolute atomic E-state index is 0.0685. The lowest BCUT2D eigenvalue weighted by Gasteiger charge is -2.28. The molecule has 0 spiro atoms. The van der Waals surface area contributed by atoms with E-state index in [4.69, 9.17) is 0 Å². The maximum atomic E-state index is 14.1. The number of aromatic nitrogens is 1. The molecule has 1 aromatic heterocycles. The Morgan fingerprint density at radius 3 is 1.97 bits per heavy atom. The second-order valence-corrected chi connectivity index (χ2v) is 9.02. The number of hydrogen-bond donors (Lipinski definition) is 0. The van der Waals surface area contributed by atoms with Crippen LogP contribution in [0.1, 0.15) is 11.1 Å². The van der Waals surface area contributed by atoms with E-state index in [1.165, 1.54) is 24.3 Å². The van der Waals surface area contributed by atoms with Gasteiger partial charge in [-0.15, -0.1) is 11.3 Å². The van der Waals surface area contributed by atoms with Crippen molar-refractivity contribution >= 4 is 17.0 Å². The third kappa shape index (κ3) is 5.97. The summed E-state index contributed by atoms with van der Waals surface area (Å²) in [6.45, 7) is -2.75. The van der Waals surface area contributed by atoms with Gasteiger partial charge in [0, 0.05) is 10.9 Å². The smallest absolute Gasteiger partial charge is 0.435 e. The van der Waals surface area contributed by atoms with Gasteiger partial charge in [-0.2, -0.15) is 39.5 Å². The van der Waals surface area contributed by atoms with Crippen molar-refractivity contribution in [2.75, 3.05) is 0 Å². The third-order valence-corrected chi connectivity index (χ3v) is 6.42. The first-order valence-electron chi connectivity index (χ1n) is 11.0. The molecule has 4 aromatic rings. The zero-order chi connectivity index (χ0) is 28.4. The molecule has 0 saturated carbocycles. The molecule has 206 valence electrons. The van der Waals surface area contributed by atoms with Gasteiger partial charge in [0.2, 0.25) is 0 Å². The van der Waals surface area contributed by atoms with E-state index >= 15 is 0 Å². The Balaban J connectivity index is 1.74. The van der Waals surface area contributed by atoms with Crippen molar-refractivity contribution in [3.8, 4) is 17.0 Å². The van der Waals surface area contributed by atoms with E-state index in [2.05, 4.69) is 9.73 Å². The molecule has 0 bridgehead atoms. The number of ether oxygens (including phenoxy) is 1. The van der Waals surface area contributed by atoms with Crippen molar-refractivity contribution in [1.29, 1.82) is 0 Å². The van der Waals surface area contributed by atoms with Crippen LogP contribution < -0.4 is 9.54 Å². The Morgan fingerprint density at radius 2 is 1.41 bits per heavy atom. The second-order valence-electron chi connectivity index (χ2n) is 8.18. The highest BCUT2D eigenvalue weighted by atomic mass is 32.1. The first-order chi connectivity index (χ1) is 18.3. The summed E-state index contributed by atoms with van der Waals surface area (Å²) in [5, 5.41) is 1.62. The molecular weight excluding hydrogens is 559 g/mol. The van der Waals surface area contributed by atoms with Crippen LogP contribution in [0.3, 0.4) is 0 Å². The van der Waals surface area contributed by atoms with Crippen molar-refractivity contribution in [2.24, 2.45) is 4.99 Å². The van der Waals surface area contributed by atoms with Crippen LogP contribution in [-0.4, -0.2) is 23.3 Å². The second kappa shape index (κ2) is 10.8. The molecule has 0 N–H and O–H groups in total. The lowest BCUT2D eigenvalue weighted by Crippen LogP contribution is -2.49. The topological polar surface area (TPSA) is 26.5 Å².